The molecule has 1 aliphatic carbocycles. The van der Waals surface area contributed by atoms with E-state index in [9.17, 15) is 8.42 Å². The highest BCUT2D eigenvalue weighted by atomic mass is 32.2. The summed E-state index contributed by atoms with van der Waals surface area (Å²) in [7, 11) is -3.47. The van der Waals surface area contributed by atoms with Crippen molar-refractivity contribution in [1.82, 2.24) is 4.72 Å². The zero-order valence-electron chi connectivity index (χ0n) is 12.5. The van der Waals surface area contributed by atoms with Crippen molar-refractivity contribution < 1.29 is 13.2 Å². The van der Waals surface area contributed by atoms with Gasteiger partial charge in [0.25, 0.3) is 0 Å². The second-order valence-corrected chi connectivity index (χ2v) is 7.23. The molecule has 3 N–H and O–H groups in total. The number of benzene rings is 1. The fourth-order valence-corrected chi connectivity index (χ4v) is 3.70. The molecule has 0 aliphatic heterocycles. The highest BCUT2D eigenvalue weighted by molar-refractivity contribution is 7.89. The molecule has 1 aromatic rings. The summed E-state index contributed by atoms with van der Waals surface area (Å²) in [4.78, 5) is 0.276. The Balaban J connectivity index is 1.87. The van der Waals surface area contributed by atoms with Gasteiger partial charge in [-0.2, -0.15) is 0 Å². The van der Waals surface area contributed by atoms with Crippen molar-refractivity contribution in [3.05, 3.63) is 29.3 Å². The fraction of sp³-hybridized carbons (Fsp3) is 0.600. The minimum absolute atomic E-state index is 0.276. The zero-order valence-corrected chi connectivity index (χ0v) is 13.3. The predicted molar refractivity (Wildman–Crippen MR) is 82.5 cm³/mol. The lowest BCUT2D eigenvalue weighted by molar-refractivity contribution is 0.0626. The average Bonchev–Trinajstić information content (AvgIpc) is 2.97. The molecule has 0 unspecified atom stereocenters. The quantitative estimate of drug-likeness (QED) is 0.751. The molecule has 0 saturated heterocycles. The Morgan fingerprint density at radius 2 is 2.05 bits per heavy atom. The molecule has 1 aliphatic rings. The van der Waals surface area contributed by atoms with Gasteiger partial charge in [-0.15, -0.1) is 0 Å². The number of sulfonamides is 1. The highest BCUT2D eigenvalue weighted by Crippen LogP contribution is 2.20. The van der Waals surface area contributed by atoms with Crippen LogP contribution in [-0.4, -0.2) is 27.7 Å². The first-order valence-electron chi connectivity index (χ1n) is 7.44. The fourth-order valence-electron chi connectivity index (χ4n) is 2.60. The summed E-state index contributed by atoms with van der Waals surface area (Å²) >= 11 is 0. The topological polar surface area (TPSA) is 81.4 Å². The third-order valence-corrected chi connectivity index (χ3v) is 5.35. The van der Waals surface area contributed by atoms with Crippen molar-refractivity contribution in [1.29, 1.82) is 0 Å². The molecule has 1 fully saturated rings. The maximum atomic E-state index is 12.2. The molecule has 5 nitrogen and oxygen atoms in total. The standard InChI is InChI=1S/C15H24N2O3S/c1-12-10-15(7-6-13(12)11-16)21(18,19)17-8-9-20-14-4-2-3-5-14/h6-7,10,14,17H,2-5,8-9,11,16H2,1H3. The maximum Gasteiger partial charge on any atom is 0.240 e. The molecular weight excluding hydrogens is 288 g/mol. The maximum absolute atomic E-state index is 12.2. The van der Waals surface area contributed by atoms with Crippen molar-refractivity contribution in [3.63, 3.8) is 0 Å². The summed E-state index contributed by atoms with van der Waals surface area (Å²) in [6.45, 7) is 3.00. The number of hydrogen-bond donors (Lipinski definition) is 2. The Bertz CT molecular complexity index is 566. The van der Waals surface area contributed by atoms with Gasteiger partial charge in [-0.25, -0.2) is 13.1 Å². The van der Waals surface area contributed by atoms with Crippen LogP contribution in [0.5, 0.6) is 0 Å². The average molecular weight is 312 g/mol. The minimum atomic E-state index is -3.47. The Hall–Kier alpha value is -0.950. The highest BCUT2D eigenvalue weighted by Gasteiger charge is 2.17. The van der Waals surface area contributed by atoms with Gasteiger partial charge in [0.1, 0.15) is 0 Å². The molecule has 21 heavy (non-hydrogen) atoms. The first-order chi connectivity index (χ1) is 10.0. The summed E-state index contributed by atoms with van der Waals surface area (Å²) in [5.74, 6) is 0. The van der Waals surface area contributed by atoms with Gasteiger partial charge in [-0.05, 0) is 43.0 Å². The Morgan fingerprint density at radius 1 is 1.33 bits per heavy atom. The van der Waals surface area contributed by atoms with Crippen LogP contribution in [0.25, 0.3) is 0 Å². The number of aryl methyl sites for hydroxylation is 1. The van der Waals surface area contributed by atoms with Crippen molar-refractivity contribution in [2.45, 2.75) is 50.2 Å². The lowest BCUT2D eigenvalue weighted by Gasteiger charge is -2.12. The van der Waals surface area contributed by atoms with Crippen LogP contribution in [0.3, 0.4) is 0 Å². The van der Waals surface area contributed by atoms with Crippen molar-refractivity contribution in [2.75, 3.05) is 13.2 Å². The lowest BCUT2D eigenvalue weighted by atomic mass is 10.1. The number of ether oxygens (including phenoxy) is 1. The summed E-state index contributed by atoms with van der Waals surface area (Å²) in [5.41, 5.74) is 7.43. The first kappa shape index (κ1) is 16.4. The second-order valence-electron chi connectivity index (χ2n) is 5.47. The third kappa shape index (κ3) is 4.51. The molecule has 0 radical (unpaired) electrons. The molecule has 0 bridgehead atoms. The molecule has 0 atom stereocenters. The molecule has 1 saturated carbocycles. The first-order valence-corrected chi connectivity index (χ1v) is 8.92. The lowest BCUT2D eigenvalue weighted by Crippen LogP contribution is -2.28. The number of nitrogens with one attached hydrogen (secondary N) is 1. The van der Waals surface area contributed by atoms with E-state index >= 15 is 0 Å². The van der Waals surface area contributed by atoms with Crippen molar-refractivity contribution in [2.24, 2.45) is 5.73 Å². The zero-order chi connectivity index (χ0) is 15.3. The van der Waals surface area contributed by atoms with E-state index in [1.165, 1.54) is 12.8 Å². The van der Waals surface area contributed by atoms with Crippen LogP contribution in [0, 0.1) is 6.92 Å². The van der Waals surface area contributed by atoms with Crippen LogP contribution >= 0.6 is 0 Å². The number of rotatable bonds is 7. The molecule has 0 amide bonds. The third-order valence-electron chi connectivity index (χ3n) is 3.89. The van der Waals surface area contributed by atoms with Gasteiger partial charge >= 0.3 is 0 Å². The minimum Gasteiger partial charge on any atom is -0.377 e. The van der Waals surface area contributed by atoms with Gasteiger partial charge < -0.3 is 10.5 Å². The molecule has 0 spiro atoms. The SMILES string of the molecule is Cc1cc(S(=O)(=O)NCCOC2CCCC2)ccc1CN. The van der Waals surface area contributed by atoms with Crippen LogP contribution in [0.1, 0.15) is 36.8 Å². The van der Waals surface area contributed by atoms with E-state index < -0.39 is 10.0 Å². The molecular formula is C15H24N2O3S. The molecule has 118 valence electrons. The largest absolute Gasteiger partial charge is 0.377 e. The second kappa shape index (κ2) is 7.35. The van der Waals surface area contributed by atoms with Gasteiger partial charge in [0.2, 0.25) is 10.0 Å². The van der Waals surface area contributed by atoms with Gasteiger partial charge in [-0.1, -0.05) is 18.9 Å². The Kier molecular flexibility index (Phi) is 5.75. The van der Waals surface area contributed by atoms with E-state index in [0.717, 1.165) is 24.0 Å². The summed E-state index contributed by atoms with van der Waals surface area (Å²) in [5, 5.41) is 0. The van der Waals surface area contributed by atoms with Crippen molar-refractivity contribution >= 4 is 10.0 Å². The number of nitrogens with two attached hydrogens (primary N) is 1. The van der Waals surface area contributed by atoms with Crippen molar-refractivity contribution in [3.8, 4) is 0 Å². The van der Waals surface area contributed by atoms with Crippen LogP contribution < -0.4 is 10.5 Å². The predicted octanol–water partition coefficient (Wildman–Crippen LogP) is 1.69. The normalized spacial score (nSPS) is 16.5. The summed E-state index contributed by atoms with van der Waals surface area (Å²) in [6.07, 6.45) is 4.91. The van der Waals surface area contributed by atoms with E-state index in [2.05, 4.69) is 4.72 Å². The van der Waals surface area contributed by atoms with Gasteiger partial charge in [0.15, 0.2) is 0 Å². The van der Waals surface area contributed by atoms with E-state index in [4.69, 9.17) is 10.5 Å². The smallest absolute Gasteiger partial charge is 0.240 e. The Morgan fingerprint density at radius 3 is 2.67 bits per heavy atom. The molecule has 6 heteroatoms. The van der Waals surface area contributed by atoms with E-state index in [0.29, 0.717) is 25.8 Å². The van der Waals surface area contributed by atoms with Crippen LogP contribution in [0.2, 0.25) is 0 Å². The van der Waals surface area contributed by atoms with Crippen LogP contribution in [0.15, 0.2) is 23.1 Å². The molecule has 0 aromatic heterocycles. The number of hydrogen-bond acceptors (Lipinski definition) is 4. The van der Waals surface area contributed by atoms with Crippen LogP contribution in [0.4, 0.5) is 0 Å². The molecule has 1 aromatic carbocycles. The van der Waals surface area contributed by atoms with E-state index in [1.807, 2.05) is 6.92 Å². The molecule has 2 rings (SSSR count). The summed E-state index contributed by atoms with van der Waals surface area (Å²) in [6, 6.07) is 5.01. The summed E-state index contributed by atoms with van der Waals surface area (Å²) < 4.78 is 32.6. The van der Waals surface area contributed by atoms with Gasteiger partial charge in [0, 0.05) is 13.1 Å². The van der Waals surface area contributed by atoms with E-state index in [1.54, 1.807) is 18.2 Å². The van der Waals surface area contributed by atoms with E-state index in [-0.39, 0.29) is 4.90 Å². The monoisotopic (exact) mass is 312 g/mol. The van der Waals surface area contributed by atoms with Crippen LogP contribution in [-0.2, 0) is 21.3 Å². The van der Waals surface area contributed by atoms with Gasteiger partial charge in [0.05, 0.1) is 17.6 Å². The van der Waals surface area contributed by atoms with Gasteiger partial charge in [-0.3, -0.25) is 0 Å². The molecule has 0 heterocycles. The Labute approximate surface area is 126 Å².